The number of nitrogens with zero attached hydrogens (tertiary/aromatic N) is 1. The molecule has 0 aliphatic carbocycles. The first kappa shape index (κ1) is 14.3. The molecule has 0 bridgehead atoms. The lowest BCUT2D eigenvalue weighted by Gasteiger charge is -2.12. The minimum Gasteiger partial charge on any atom is -0.377 e. The molecule has 0 spiro atoms. The average Bonchev–Trinajstić information content (AvgIpc) is 2.89. The number of rotatable bonds is 4. The fourth-order valence-electron chi connectivity index (χ4n) is 1.87. The van der Waals surface area contributed by atoms with Crippen LogP contribution in [0, 0.1) is 11.3 Å². The molecule has 2 rings (SSSR count). The van der Waals surface area contributed by atoms with Gasteiger partial charge in [-0.1, -0.05) is 11.6 Å². The highest BCUT2D eigenvalue weighted by Gasteiger charge is 2.22. The quantitative estimate of drug-likeness (QED) is 0.917. The van der Waals surface area contributed by atoms with Crippen molar-refractivity contribution in [1.29, 1.82) is 5.26 Å². The fraction of sp³-hybridized carbons (Fsp3) is 0.417. The van der Waals surface area contributed by atoms with Crippen molar-refractivity contribution in [3.63, 3.8) is 0 Å². The van der Waals surface area contributed by atoms with Crippen LogP contribution in [-0.2, 0) is 14.8 Å². The van der Waals surface area contributed by atoms with Crippen LogP contribution in [0.3, 0.4) is 0 Å². The van der Waals surface area contributed by atoms with E-state index < -0.39 is 10.0 Å². The molecule has 1 unspecified atom stereocenters. The summed E-state index contributed by atoms with van der Waals surface area (Å²) in [6.07, 6.45) is 1.72. The number of nitrogens with one attached hydrogen (secondary N) is 1. The molecule has 1 aromatic carbocycles. The van der Waals surface area contributed by atoms with E-state index in [0.29, 0.717) is 12.2 Å². The van der Waals surface area contributed by atoms with Gasteiger partial charge in [-0.15, -0.1) is 0 Å². The molecular weight excluding hydrogens is 288 g/mol. The number of sulfonamides is 1. The Morgan fingerprint density at radius 3 is 2.89 bits per heavy atom. The summed E-state index contributed by atoms with van der Waals surface area (Å²) in [7, 11) is -3.67. The minimum atomic E-state index is -3.67. The van der Waals surface area contributed by atoms with Crippen LogP contribution in [0.2, 0.25) is 5.02 Å². The molecule has 0 radical (unpaired) electrons. The molecule has 0 amide bonds. The van der Waals surface area contributed by atoms with E-state index in [0.717, 1.165) is 12.8 Å². The molecule has 1 atom stereocenters. The van der Waals surface area contributed by atoms with Crippen LogP contribution >= 0.6 is 11.6 Å². The van der Waals surface area contributed by atoms with Crippen LogP contribution in [0.4, 0.5) is 0 Å². The van der Waals surface area contributed by atoms with E-state index in [-0.39, 0.29) is 22.6 Å². The number of halogens is 1. The Labute approximate surface area is 117 Å². The number of ether oxygens (including phenoxy) is 1. The lowest BCUT2D eigenvalue weighted by Crippen LogP contribution is -2.32. The maximum atomic E-state index is 12.1. The molecule has 1 fully saturated rings. The summed E-state index contributed by atoms with van der Waals surface area (Å²) in [6.45, 7) is 0.905. The highest BCUT2D eigenvalue weighted by atomic mass is 35.5. The first-order valence-electron chi connectivity index (χ1n) is 5.84. The number of benzene rings is 1. The van der Waals surface area contributed by atoms with Crippen LogP contribution in [-0.4, -0.2) is 27.7 Å². The molecule has 19 heavy (non-hydrogen) atoms. The molecule has 102 valence electrons. The zero-order valence-corrected chi connectivity index (χ0v) is 11.7. The van der Waals surface area contributed by atoms with E-state index >= 15 is 0 Å². The number of nitriles is 1. The van der Waals surface area contributed by atoms with Gasteiger partial charge in [0.05, 0.1) is 22.8 Å². The third-order valence-corrected chi connectivity index (χ3v) is 4.78. The first-order chi connectivity index (χ1) is 9.03. The van der Waals surface area contributed by atoms with Gasteiger partial charge in [-0.2, -0.15) is 5.26 Å². The van der Waals surface area contributed by atoms with Crippen LogP contribution in [0.15, 0.2) is 23.1 Å². The summed E-state index contributed by atoms with van der Waals surface area (Å²) in [4.78, 5) is -0.0221. The van der Waals surface area contributed by atoms with Crippen molar-refractivity contribution in [1.82, 2.24) is 4.72 Å². The Hall–Kier alpha value is -1.13. The van der Waals surface area contributed by atoms with Gasteiger partial charge in [0.25, 0.3) is 0 Å². The normalized spacial score (nSPS) is 19.3. The van der Waals surface area contributed by atoms with Gasteiger partial charge in [-0.3, -0.25) is 0 Å². The summed E-state index contributed by atoms with van der Waals surface area (Å²) in [5, 5.41) is 8.75. The van der Waals surface area contributed by atoms with E-state index in [1.54, 1.807) is 0 Å². The summed E-state index contributed by atoms with van der Waals surface area (Å²) >= 11 is 5.89. The maximum Gasteiger partial charge on any atom is 0.242 e. The molecule has 0 saturated carbocycles. The van der Waals surface area contributed by atoms with Crippen molar-refractivity contribution in [2.24, 2.45) is 0 Å². The predicted octanol–water partition coefficient (Wildman–Crippen LogP) is 1.67. The minimum absolute atomic E-state index is 0.0221. The van der Waals surface area contributed by atoms with Crippen molar-refractivity contribution in [2.45, 2.75) is 23.8 Å². The third-order valence-electron chi connectivity index (χ3n) is 2.88. The number of hydrogen-bond acceptors (Lipinski definition) is 4. The average molecular weight is 301 g/mol. The van der Waals surface area contributed by atoms with Gasteiger partial charge in [0.2, 0.25) is 10.0 Å². The Morgan fingerprint density at radius 2 is 2.32 bits per heavy atom. The van der Waals surface area contributed by atoms with E-state index in [1.807, 2.05) is 6.07 Å². The molecule has 1 aliphatic heterocycles. The highest BCUT2D eigenvalue weighted by molar-refractivity contribution is 7.89. The van der Waals surface area contributed by atoms with Gasteiger partial charge in [0, 0.05) is 13.2 Å². The third kappa shape index (κ3) is 3.45. The molecule has 1 N–H and O–H groups in total. The molecule has 1 heterocycles. The molecule has 5 nitrogen and oxygen atoms in total. The number of hydrogen-bond donors (Lipinski definition) is 1. The Morgan fingerprint density at radius 1 is 1.53 bits per heavy atom. The van der Waals surface area contributed by atoms with Crippen LogP contribution in [0.25, 0.3) is 0 Å². The second-order valence-electron chi connectivity index (χ2n) is 4.24. The van der Waals surface area contributed by atoms with Gasteiger partial charge in [0.1, 0.15) is 4.90 Å². The molecule has 1 aliphatic rings. The van der Waals surface area contributed by atoms with E-state index in [9.17, 15) is 8.42 Å². The molecule has 7 heteroatoms. The largest absolute Gasteiger partial charge is 0.377 e. The summed E-state index contributed by atoms with van der Waals surface area (Å²) in [5.74, 6) is 0. The predicted molar refractivity (Wildman–Crippen MR) is 70.3 cm³/mol. The van der Waals surface area contributed by atoms with Gasteiger partial charge in [-0.25, -0.2) is 13.1 Å². The summed E-state index contributed by atoms with van der Waals surface area (Å²) in [6, 6.07) is 5.99. The zero-order valence-electron chi connectivity index (χ0n) is 10.1. The standard InChI is InChI=1S/C12H13ClN2O3S/c13-11-6-9(7-14)3-4-12(11)19(16,17)15-8-10-2-1-5-18-10/h3-4,6,10,15H,1-2,5,8H2. The molecule has 1 saturated heterocycles. The maximum absolute atomic E-state index is 12.1. The summed E-state index contributed by atoms with van der Waals surface area (Å²) < 4.78 is 32.0. The Kier molecular flexibility index (Phi) is 4.42. The van der Waals surface area contributed by atoms with Crippen molar-refractivity contribution in [2.75, 3.05) is 13.2 Å². The molecule has 1 aromatic rings. The smallest absolute Gasteiger partial charge is 0.242 e. The van der Waals surface area contributed by atoms with E-state index in [2.05, 4.69) is 4.72 Å². The van der Waals surface area contributed by atoms with E-state index in [1.165, 1.54) is 18.2 Å². The first-order valence-corrected chi connectivity index (χ1v) is 7.70. The van der Waals surface area contributed by atoms with Gasteiger partial charge < -0.3 is 4.74 Å². The second kappa shape index (κ2) is 5.88. The molecule has 0 aromatic heterocycles. The summed E-state index contributed by atoms with van der Waals surface area (Å²) in [5.41, 5.74) is 0.322. The monoisotopic (exact) mass is 300 g/mol. The van der Waals surface area contributed by atoms with Crippen molar-refractivity contribution in [3.05, 3.63) is 28.8 Å². The SMILES string of the molecule is N#Cc1ccc(S(=O)(=O)NCC2CCCO2)c(Cl)c1. The fourth-order valence-corrected chi connectivity index (χ4v) is 3.48. The topological polar surface area (TPSA) is 79.2 Å². The lowest BCUT2D eigenvalue weighted by molar-refractivity contribution is 0.114. The lowest BCUT2D eigenvalue weighted by atomic mass is 10.2. The Bertz CT molecular complexity index is 604. The van der Waals surface area contributed by atoms with Crippen molar-refractivity contribution >= 4 is 21.6 Å². The van der Waals surface area contributed by atoms with Crippen molar-refractivity contribution < 1.29 is 13.2 Å². The van der Waals surface area contributed by atoms with E-state index in [4.69, 9.17) is 21.6 Å². The van der Waals surface area contributed by atoms with Crippen LogP contribution in [0.5, 0.6) is 0 Å². The van der Waals surface area contributed by atoms with Crippen LogP contribution in [0.1, 0.15) is 18.4 Å². The van der Waals surface area contributed by atoms with Gasteiger partial charge in [0.15, 0.2) is 0 Å². The van der Waals surface area contributed by atoms with Gasteiger partial charge in [-0.05, 0) is 31.0 Å². The second-order valence-corrected chi connectivity index (χ2v) is 6.39. The highest BCUT2D eigenvalue weighted by Crippen LogP contribution is 2.22. The van der Waals surface area contributed by atoms with Crippen LogP contribution < -0.4 is 4.72 Å². The zero-order chi connectivity index (χ0) is 13.9. The Balaban J connectivity index is 2.12. The van der Waals surface area contributed by atoms with Gasteiger partial charge >= 0.3 is 0 Å². The molecular formula is C12H13ClN2O3S. The van der Waals surface area contributed by atoms with Crippen molar-refractivity contribution in [3.8, 4) is 6.07 Å².